The fourth-order valence-corrected chi connectivity index (χ4v) is 1.57. The smallest absolute Gasteiger partial charge is 0.213 e. The molecule has 1 aromatic carbocycles. The Balaban J connectivity index is 1.74. The van der Waals surface area contributed by atoms with Crippen molar-refractivity contribution >= 4 is 11.6 Å². The first-order valence-electron chi connectivity index (χ1n) is 5.05. The van der Waals surface area contributed by atoms with Crippen LogP contribution in [0.1, 0.15) is 11.4 Å². The number of aromatic nitrogens is 2. The Morgan fingerprint density at radius 2 is 2.19 bits per heavy atom. The molecule has 0 aliphatic rings. The molecule has 84 valence electrons. The van der Waals surface area contributed by atoms with Gasteiger partial charge in [-0.1, -0.05) is 35.0 Å². The Bertz CT molecular complexity index is 431. The second-order valence-electron chi connectivity index (χ2n) is 3.37. The summed E-state index contributed by atoms with van der Waals surface area (Å²) in [7, 11) is 0. The third kappa shape index (κ3) is 3.05. The number of rotatable bonds is 5. The Hall–Kier alpha value is -1.39. The Morgan fingerprint density at radius 3 is 2.94 bits per heavy atom. The summed E-state index contributed by atoms with van der Waals surface area (Å²) in [5.41, 5.74) is 1.09. The Kier molecular flexibility index (Phi) is 3.91. The number of benzene rings is 1. The van der Waals surface area contributed by atoms with E-state index in [1.807, 2.05) is 24.3 Å². The molecule has 0 fully saturated rings. The molecular weight excluding hydrogens is 226 g/mol. The van der Waals surface area contributed by atoms with E-state index < -0.39 is 0 Å². The van der Waals surface area contributed by atoms with Crippen LogP contribution in [0.25, 0.3) is 0 Å². The minimum Gasteiger partial charge on any atom is -0.343 e. The molecule has 4 nitrogen and oxygen atoms in total. The highest BCUT2D eigenvalue weighted by Gasteiger charge is 2.00. The van der Waals surface area contributed by atoms with Gasteiger partial charge in [0.05, 0.1) is 0 Å². The lowest BCUT2D eigenvalue weighted by atomic mass is 10.2. The minimum atomic E-state index is 0.714. The fraction of sp³-hybridized carbons (Fsp3) is 0.273. The molecule has 1 N–H and O–H groups in total. The van der Waals surface area contributed by atoms with Crippen molar-refractivity contribution in [2.75, 3.05) is 6.54 Å². The van der Waals surface area contributed by atoms with Crippen LogP contribution >= 0.6 is 11.6 Å². The highest BCUT2D eigenvalue weighted by Crippen LogP contribution is 2.14. The van der Waals surface area contributed by atoms with Gasteiger partial charge in [-0.05, 0) is 11.6 Å². The average molecular weight is 238 g/mol. The van der Waals surface area contributed by atoms with Crippen LogP contribution in [-0.4, -0.2) is 16.7 Å². The third-order valence-corrected chi connectivity index (χ3v) is 2.57. The molecule has 0 amide bonds. The molecule has 0 aliphatic carbocycles. The number of hydrogen-bond acceptors (Lipinski definition) is 4. The lowest BCUT2D eigenvalue weighted by Crippen LogP contribution is -2.17. The molecule has 0 saturated heterocycles. The molecule has 0 atom stereocenters. The van der Waals surface area contributed by atoms with Gasteiger partial charge in [0.15, 0.2) is 5.82 Å². The summed E-state index contributed by atoms with van der Waals surface area (Å²) >= 11 is 6.02. The first kappa shape index (κ1) is 11.1. The quantitative estimate of drug-likeness (QED) is 0.809. The molecule has 0 unspecified atom stereocenters. The van der Waals surface area contributed by atoms with Crippen molar-refractivity contribution in [1.82, 2.24) is 15.5 Å². The first-order valence-corrected chi connectivity index (χ1v) is 5.43. The molecule has 2 rings (SSSR count). The molecule has 0 spiro atoms. The van der Waals surface area contributed by atoms with Crippen LogP contribution in [0.4, 0.5) is 0 Å². The second-order valence-corrected chi connectivity index (χ2v) is 3.77. The van der Waals surface area contributed by atoms with Crippen molar-refractivity contribution in [3.8, 4) is 0 Å². The third-order valence-electron chi connectivity index (χ3n) is 2.21. The van der Waals surface area contributed by atoms with Gasteiger partial charge in [-0.2, -0.15) is 4.98 Å². The molecule has 1 heterocycles. The van der Waals surface area contributed by atoms with Crippen molar-refractivity contribution in [3.05, 3.63) is 47.1 Å². The highest BCUT2D eigenvalue weighted by molar-refractivity contribution is 6.31. The van der Waals surface area contributed by atoms with E-state index in [1.165, 1.54) is 6.39 Å². The van der Waals surface area contributed by atoms with Crippen molar-refractivity contribution in [3.63, 3.8) is 0 Å². The maximum atomic E-state index is 6.02. The van der Waals surface area contributed by atoms with Gasteiger partial charge in [0.2, 0.25) is 6.39 Å². The van der Waals surface area contributed by atoms with Crippen LogP contribution in [0, 0.1) is 0 Å². The Morgan fingerprint density at radius 1 is 1.31 bits per heavy atom. The van der Waals surface area contributed by atoms with E-state index in [0.29, 0.717) is 5.82 Å². The summed E-state index contributed by atoms with van der Waals surface area (Å²) in [6.45, 7) is 1.54. The number of hydrogen-bond donors (Lipinski definition) is 1. The lowest BCUT2D eigenvalue weighted by Gasteiger charge is -2.04. The maximum absolute atomic E-state index is 6.02. The topological polar surface area (TPSA) is 51.0 Å². The minimum absolute atomic E-state index is 0.714. The van der Waals surface area contributed by atoms with E-state index >= 15 is 0 Å². The van der Waals surface area contributed by atoms with E-state index in [0.717, 1.165) is 30.1 Å². The molecule has 2 aromatic rings. The zero-order valence-corrected chi connectivity index (χ0v) is 9.44. The van der Waals surface area contributed by atoms with Gasteiger partial charge < -0.3 is 9.84 Å². The van der Waals surface area contributed by atoms with E-state index in [4.69, 9.17) is 11.6 Å². The molecule has 1 aromatic heterocycles. The van der Waals surface area contributed by atoms with Crippen molar-refractivity contribution in [1.29, 1.82) is 0 Å². The predicted octanol–water partition coefficient (Wildman–Crippen LogP) is 2.06. The predicted molar refractivity (Wildman–Crippen MR) is 61.2 cm³/mol. The summed E-state index contributed by atoms with van der Waals surface area (Å²) in [6, 6.07) is 7.79. The van der Waals surface area contributed by atoms with Gasteiger partial charge in [0, 0.05) is 24.5 Å². The van der Waals surface area contributed by atoms with Crippen LogP contribution in [0.15, 0.2) is 35.2 Å². The lowest BCUT2D eigenvalue weighted by molar-refractivity contribution is 0.409. The molecule has 0 radical (unpaired) electrons. The zero-order valence-electron chi connectivity index (χ0n) is 8.69. The number of nitrogens with zero attached hydrogens (tertiary/aromatic N) is 2. The largest absolute Gasteiger partial charge is 0.343 e. The standard InChI is InChI=1S/C11H12ClN3O/c12-10-4-2-1-3-9(10)7-13-6-5-11-14-8-16-15-11/h1-4,8,13H,5-7H2. The van der Waals surface area contributed by atoms with Crippen LogP contribution in [-0.2, 0) is 13.0 Å². The summed E-state index contributed by atoms with van der Waals surface area (Å²) in [4.78, 5) is 3.93. The highest BCUT2D eigenvalue weighted by atomic mass is 35.5. The van der Waals surface area contributed by atoms with E-state index in [1.54, 1.807) is 0 Å². The van der Waals surface area contributed by atoms with Crippen LogP contribution in [0.3, 0.4) is 0 Å². The molecule has 0 bridgehead atoms. The van der Waals surface area contributed by atoms with Crippen LogP contribution in [0.2, 0.25) is 5.02 Å². The van der Waals surface area contributed by atoms with Gasteiger partial charge in [-0.25, -0.2) is 0 Å². The number of nitrogens with one attached hydrogen (secondary N) is 1. The van der Waals surface area contributed by atoms with E-state index in [9.17, 15) is 0 Å². The van der Waals surface area contributed by atoms with Crippen LogP contribution in [0.5, 0.6) is 0 Å². The summed E-state index contributed by atoms with van der Waals surface area (Å²) < 4.78 is 4.64. The number of halogens is 1. The van der Waals surface area contributed by atoms with E-state index in [-0.39, 0.29) is 0 Å². The maximum Gasteiger partial charge on any atom is 0.213 e. The summed E-state index contributed by atoms with van der Waals surface area (Å²) in [5, 5.41) is 7.79. The molecule has 5 heteroatoms. The fourth-order valence-electron chi connectivity index (χ4n) is 1.37. The van der Waals surface area contributed by atoms with Gasteiger partial charge in [0.1, 0.15) is 0 Å². The van der Waals surface area contributed by atoms with E-state index in [2.05, 4.69) is 20.0 Å². The van der Waals surface area contributed by atoms with Crippen molar-refractivity contribution in [2.24, 2.45) is 0 Å². The van der Waals surface area contributed by atoms with Gasteiger partial charge >= 0.3 is 0 Å². The molecule has 16 heavy (non-hydrogen) atoms. The zero-order chi connectivity index (χ0) is 11.2. The van der Waals surface area contributed by atoms with Crippen LogP contribution < -0.4 is 5.32 Å². The summed E-state index contributed by atoms with van der Waals surface area (Å²) in [5.74, 6) is 0.714. The molecular formula is C11H12ClN3O. The van der Waals surface area contributed by atoms with Gasteiger partial charge in [0.25, 0.3) is 0 Å². The molecule has 0 aliphatic heterocycles. The SMILES string of the molecule is Clc1ccccc1CNCCc1ncon1. The van der Waals surface area contributed by atoms with Gasteiger partial charge in [-0.3, -0.25) is 0 Å². The molecule has 0 saturated carbocycles. The first-order chi connectivity index (χ1) is 7.86. The second kappa shape index (κ2) is 5.63. The van der Waals surface area contributed by atoms with Crippen molar-refractivity contribution in [2.45, 2.75) is 13.0 Å². The van der Waals surface area contributed by atoms with Gasteiger partial charge in [-0.15, -0.1) is 0 Å². The Labute approximate surface area is 98.6 Å². The monoisotopic (exact) mass is 237 g/mol. The average Bonchev–Trinajstić information content (AvgIpc) is 2.79. The summed E-state index contributed by atoms with van der Waals surface area (Å²) in [6.07, 6.45) is 2.09. The normalized spacial score (nSPS) is 10.6. The van der Waals surface area contributed by atoms with Crippen molar-refractivity contribution < 1.29 is 4.52 Å².